The first-order valence-electron chi connectivity index (χ1n) is 8.58. The number of hydrogen-bond donors (Lipinski definition) is 0. The topological polar surface area (TPSA) is 52.6 Å². The average Bonchev–Trinajstić information content (AvgIpc) is 2.58. The van der Waals surface area contributed by atoms with Gasteiger partial charge < -0.3 is 9.47 Å². The van der Waals surface area contributed by atoms with Crippen LogP contribution in [0.1, 0.15) is 44.4 Å². The molecule has 1 atom stereocenters. The van der Waals surface area contributed by atoms with E-state index in [-0.39, 0.29) is 17.9 Å². The first-order valence-corrected chi connectivity index (χ1v) is 8.58. The highest BCUT2D eigenvalue weighted by atomic mass is 16.5. The fourth-order valence-electron chi connectivity index (χ4n) is 3.40. The van der Waals surface area contributed by atoms with Crippen molar-refractivity contribution in [1.82, 2.24) is 0 Å². The molecule has 0 saturated heterocycles. The Morgan fingerprint density at radius 2 is 1.72 bits per heavy atom. The molecule has 0 amide bonds. The molecule has 0 spiro atoms. The average molecular weight is 344 g/mol. The maximum atomic E-state index is 12.1. The molecule has 4 nitrogen and oxygen atoms in total. The molecular weight excluding hydrogens is 316 g/mol. The van der Waals surface area contributed by atoms with Gasteiger partial charge in [0.2, 0.25) is 0 Å². The minimum absolute atomic E-state index is 0.0799. The number of esters is 2. The summed E-state index contributed by atoms with van der Waals surface area (Å²) in [4.78, 5) is 24.0. The van der Waals surface area contributed by atoms with Crippen molar-refractivity contribution in [2.24, 2.45) is 16.7 Å². The molecule has 0 N–H and O–H groups in total. The lowest BCUT2D eigenvalue weighted by atomic mass is 9.72. The highest BCUT2D eigenvalue weighted by Crippen LogP contribution is 2.37. The maximum Gasteiger partial charge on any atom is 0.311 e. The smallest absolute Gasteiger partial charge is 0.311 e. The molecule has 0 saturated carbocycles. The van der Waals surface area contributed by atoms with E-state index >= 15 is 0 Å². The van der Waals surface area contributed by atoms with Gasteiger partial charge in [-0.25, -0.2) is 0 Å². The molecule has 0 bridgehead atoms. The van der Waals surface area contributed by atoms with Crippen molar-refractivity contribution >= 4 is 18.0 Å². The van der Waals surface area contributed by atoms with E-state index in [2.05, 4.69) is 30.4 Å². The van der Waals surface area contributed by atoms with Gasteiger partial charge >= 0.3 is 11.9 Å². The third kappa shape index (κ3) is 3.94. The fourth-order valence-corrected chi connectivity index (χ4v) is 3.40. The van der Waals surface area contributed by atoms with Gasteiger partial charge in [0.05, 0.1) is 25.0 Å². The summed E-state index contributed by atoms with van der Waals surface area (Å²) >= 11 is 0. The molecule has 1 aliphatic carbocycles. The van der Waals surface area contributed by atoms with Crippen LogP contribution in [-0.4, -0.2) is 26.2 Å². The Balaban J connectivity index is 2.25. The third-order valence-corrected chi connectivity index (χ3v) is 5.18. The van der Waals surface area contributed by atoms with Crippen LogP contribution >= 0.6 is 0 Å². The summed E-state index contributed by atoms with van der Waals surface area (Å²) in [6.45, 7) is 7.62. The van der Waals surface area contributed by atoms with E-state index in [1.54, 1.807) is 0 Å². The highest BCUT2D eigenvalue weighted by Gasteiger charge is 2.38. The number of carbonyl (C=O) groups is 2. The first kappa shape index (κ1) is 19.2. The van der Waals surface area contributed by atoms with Gasteiger partial charge in [-0.05, 0) is 63.1 Å². The van der Waals surface area contributed by atoms with E-state index in [1.165, 1.54) is 19.8 Å². The zero-order chi connectivity index (χ0) is 18.8. The molecular formula is C21H28O4. The number of carbonyl (C=O) groups excluding carboxylic acids is 2. The third-order valence-electron chi connectivity index (χ3n) is 5.18. The predicted molar refractivity (Wildman–Crippen MR) is 98.0 cm³/mol. The van der Waals surface area contributed by atoms with Crippen LogP contribution in [0.25, 0.3) is 6.08 Å². The van der Waals surface area contributed by atoms with E-state index in [0.717, 1.165) is 17.5 Å². The number of fused-ring (bicyclic) bond motifs is 1. The van der Waals surface area contributed by atoms with Crippen LogP contribution in [0.2, 0.25) is 0 Å². The summed E-state index contributed by atoms with van der Waals surface area (Å²) in [7, 11) is 2.85. The second-order valence-corrected chi connectivity index (χ2v) is 7.97. The molecule has 0 heterocycles. The number of methoxy groups -OCH3 is 2. The van der Waals surface area contributed by atoms with Gasteiger partial charge in [-0.15, -0.1) is 0 Å². The molecule has 2 rings (SSSR count). The normalized spacial score (nSPS) is 17.0. The molecule has 0 aliphatic heterocycles. The first-order chi connectivity index (χ1) is 11.6. The molecule has 0 unspecified atom stereocenters. The monoisotopic (exact) mass is 344 g/mol. The van der Waals surface area contributed by atoms with E-state index < -0.39 is 10.8 Å². The molecule has 1 aromatic rings. The zero-order valence-electron chi connectivity index (χ0n) is 16.0. The summed E-state index contributed by atoms with van der Waals surface area (Å²) < 4.78 is 9.86. The second kappa shape index (κ2) is 7.03. The quantitative estimate of drug-likeness (QED) is 0.762. The van der Waals surface area contributed by atoms with E-state index in [9.17, 15) is 9.59 Å². The molecule has 0 aromatic heterocycles. The van der Waals surface area contributed by atoms with Gasteiger partial charge in [-0.2, -0.15) is 0 Å². The fraction of sp³-hybridized carbons (Fsp3) is 0.524. The summed E-state index contributed by atoms with van der Waals surface area (Å²) in [6, 6.07) is 6.28. The van der Waals surface area contributed by atoms with Crippen molar-refractivity contribution in [2.75, 3.05) is 14.2 Å². The van der Waals surface area contributed by atoms with Crippen LogP contribution in [-0.2, 0) is 31.9 Å². The van der Waals surface area contributed by atoms with Gasteiger partial charge in [0.25, 0.3) is 0 Å². The minimum Gasteiger partial charge on any atom is -0.469 e. The van der Waals surface area contributed by atoms with Crippen LogP contribution in [0.5, 0.6) is 0 Å². The Kier molecular flexibility index (Phi) is 5.40. The minimum atomic E-state index is -0.579. The van der Waals surface area contributed by atoms with Crippen LogP contribution in [0.3, 0.4) is 0 Å². The maximum absolute atomic E-state index is 12.1. The van der Waals surface area contributed by atoms with Crippen LogP contribution < -0.4 is 0 Å². The van der Waals surface area contributed by atoms with Crippen LogP contribution in [0.4, 0.5) is 0 Å². The number of allylic oxidation sites excluding steroid dienone is 1. The van der Waals surface area contributed by atoms with Crippen molar-refractivity contribution < 1.29 is 19.1 Å². The molecule has 136 valence electrons. The Morgan fingerprint density at radius 1 is 1.08 bits per heavy atom. The van der Waals surface area contributed by atoms with Crippen LogP contribution in [0, 0.1) is 16.7 Å². The van der Waals surface area contributed by atoms with E-state index in [4.69, 9.17) is 9.47 Å². The van der Waals surface area contributed by atoms with E-state index in [1.807, 2.05) is 27.7 Å². The summed E-state index contributed by atoms with van der Waals surface area (Å²) in [5.41, 5.74) is 2.31. The van der Waals surface area contributed by atoms with Gasteiger partial charge in [-0.1, -0.05) is 30.4 Å². The second-order valence-electron chi connectivity index (χ2n) is 7.97. The Hall–Kier alpha value is -2.10. The Labute approximate surface area is 150 Å². The zero-order valence-corrected chi connectivity index (χ0v) is 16.0. The molecule has 1 aromatic carbocycles. The molecule has 4 heteroatoms. The number of rotatable bonds is 5. The highest BCUT2D eigenvalue weighted by molar-refractivity contribution is 5.77. The lowest BCUT2D eigenvalue weighted by Gasteiger charge is -2.32. The number of benzene rings is 1. The number of ether oxygens (including phenoxy) is 2. The SMILES string of the molecule is COC(=O)C(C)(C)Cc1ccc2c(c1)C[C@@H](C(C)(C)C(=O)OC)C=C2. The van der Waals surface area contributed by atoms with Crippen molar-refractivity contribution in [3.8, 4) is 0 Å². The van der Waals surface area contributed by atoms with Gasteiger partial charge in [0.1, 0.15) is 0 Å². The van der Waals surface area contributed by atoms with Crippen molar-refractivity contribution in [3.05, 3.63) is 41.0 Å². The molecule has 0 fully saturated rings. The standard InChI is InChI=1S/C21H28O4/c1-20(2,18(22)24-5)13-14-7-8-15-9-10-17(12-16(15)11-14)21(3,4)19(23)25-6/h7-11,17H,12-13H2,1-6H3/t17-/m0/s1. The van der Waals surface area contributed by atoms with Crippen molar-refractivity contribution in [3.63, 3.8) is 0 Å². The molecule has 0 radical (unpaired) electrons. The Morgan fingerprint density at radius 3 is 2.32 bits per heavy atom. The predicted octanol–water partition coefficient (Wildman–Crippen LogP) is 3.81. The largest absolute Gasteiger partial charge is 0.469 e. The molecule has 25 heavy (non-hydrogen) atoms. The molecule has 1 aliphatic rings. The van der Waals surface area contributed by atoms with Crippen LogP contribution in [0.15, 0.2) is 24.3 Å². The van der Waals surface area contributed by atoms with Crippen molar-refractivity contribution in [2.45, 2.75) is 40.5 Å². The number of hydrogen-bond acceptors (Lipinski definition) is 4. The van der Waals surface area contributed by atoms with E-state index in [0.29, 0.717) is 6.42 Å². The van der Waals surface area contributed by atoms with Gasteiger partial charge in [-0.3, -0.25) is 9.59 Å². The summed E-state index contributed by atoms with van der Waals surface area (Å²) in [5.74, 6) is -0.334. The lowest BCUT2D eigenvalue weighted by Crippen LogP contribution is -2.35. The summed E-state index contributed by atoms with van der Waals surface area (Å²) in [5, 5.41) is 0. The van der Waals surface area contributed by atoms with Gasteiger partial charge in [0, 0.05) is 0 Å². The van der Waals surface area contributed by atoms with Crippen molar-refractivity contribution in [1.29, 1.82) is 0 Å². The lowest BCUT2D eigenvalue weighted by molar-refractivity contribution is -0.153. The summed E-state index contributed by atoms with van der Waals surface area (Å²) in [6.07, 6.45) is 5.56. The van der Waals surface area contributed by atoms with Gasteiger partial charge in [0.15, 0.2) is 0 Å². The Bertz CT molecular complexity index is 698.